The van der Waals surface area contributed by atoms with Gasteiger partial charge in [-0.3, -0.25) is 10.1 Å². The standard InChI is InChI=1S/C17H12ClN3O5/c1-10-3-2-4-13(21(23)24)15(10)17(22)25-9-14-19-20-16(26-14)11-5-7-12(18)8-6-11/h2-8H,9H2,1H3. The van der Waals surface area contributed by atoms with Crippen LogP contribution in [0.1, 0.15) is 21.8 Å². The SMILES string of the molecule is Cc1cccc([N+](=O)[O-])c1C(=O)OCc1nnc(-c2ccc(Cl)cc2)o1. The number of aryl methyl sites for hydroxylation is 1. The maximum atomic E-state index is 12.2. The van der Waals surface area contributed by atoms with E-state index in [0.717, 1.165) is 0 Å². The van der Waals surface area contributed by atoms with Crippen molar-refractivity contribution in [3.63, 3.8) is 0 Å². The fraction of sp³-hybridized carbons (Fsp3) is 0.118. The van der Waals surface area contributed by atoms with Crippen LogP contribution in [-0.2, 0) is 11.3 Å². The van der Waals surface area contributed by atoms with Gasteiger partial charge in [0.05, 0.1) is 4.92 Å². The Kier molecular flexibility index (Phi) is 4.94. The van der Waals surface area contributed by atoms with E-state index in [0.29, 0.717) is 16.1 Å². The van der Waals surface area contributed by atoms with Crippen molar-refractivity contribution in [2.24, 2.45) is 0 Å². The summed E-state index contributed by atoms with van der Waals surface area (Å²) in [5.74, 6) is -0.518. The highest BCUT2D eigenvalue weighted by molar-refractivity contribution is 6.30. The third-order valence-corrected chi connectivity index (χ3v) is 3.79. The van der Waals surface area contributed by atoms with Gasteiger partial charge in [0, 0.05) is 16.7 Å². The van der Waals surface area contributed by atoms with Gasteiger partial charge in [-0.25, -0.2) is 4.79 Å². The van der Waals surface area contributed by atoms with Crippen molar-refractivity contribution < 1.29 is 18.9 Å². The van der Waals surface area contributed by atoms with Gasteiger partial charge in [-0.2, -0.15) is 0 Å². The van der Waals surface area contributed by atoms with Crippen LogP contribution in [-0.4, -0.2) is 21.1 Å². The smallest absolute Gasteiger partial charge is 0.345 e. The van der Waals surface area contributed by atoms with Crippen molar-refractivity contribution in [3.8, 4) is 11.5 Å². The fourth-order valence-electron chi connectivity index (χ4n) is 2.29. The van der Waals surface area contributed by atoms with Crippen LogP contribution < -0.4 is 0 Å². The van der Waals surface area contributed by atoms with E-state index < -0.39 is 10.9 Å². The van der Waals surface area contributed by atoms with E-state index in [4.69, 9.17) is 20.8 Å². The Labute approximate surface area is 152 Å². The molecule has 26 heavy (non-hydrogen) atoms. The molecule has 9 heteroatoms. The number of carbonyl (C=O) groups excluding carboxylic acids is 1. The van der Waals surface area contributed by atoms with Crippen molar-refractivity contribution in [3.05, 3.63) is 74.6 Å². The van der Waals surface area contributed by atoms with Crippen LogP contribution in [0.5, 0.6) is 0 Å². The van der Waals surface area contributed by atoms with Gasteiger partial charge < -0.3 is 9.15 Å². The number of nitro groups is 1. The molecule has 0 aliphatic rings. The molecule has 3 rings (SSSR count). The lowest BCUT2D eigenvalue weighted by atomic mass is 10.1. The molecule has 2 aromatic carbocycles. The molecule has 0 unspecified atom stereocenters. The molecule has 1 heterocycles. The summed E-state index contributed by atoms with van der Waals surface area (Å²) >= 11 is 5.82. The molecule has 0 spiro atoms. The highest BCUT2D eigenvalue weighted by Crippen LogP contribution is 2.24. The lowest BCUT2D eigenvalue weighted by Crippen LogP contribution is -2.10. The van der Waals surface area contributed by atoms with Gasteiger partial charge in [-0.1, -0.05) is 23.7 Å². The summed E-state index contributed by atoms with van der Waals surface area (Å²) in [6, 6.07) is 11.1. The predicted octanol–water partition coefficient (Wildman–Crippen LogP) is 3.96. The summed E-state index contributed by atoms with van der Waals surface area (Å²) < 4.78 is 10.5. The van der Waals surface area contributed by atoms with E-state index >= 15 is 0 Å². The first kappa shape index (κ1) is 17.6. The van der Waals surface area contributed by atoms with Crippen LogP contribution in [0.25, 0.3) is 11.5 Å². The number of benzene rings is 2. The minimum Gasteiger partial charge on any atom is -0.452 e. The summed E-state index contributed by atoms with van der Waals surface area (Å²) in [4.78, 5) is 22.7. The molecule has 3 aromatic rings. The van der Waals surface area contributed by atoms with Crippen LogP contribution in [0.4, 0.5) is 5.69 Å². The Morgan fingerprint density at radius 3 is 2.65 bits per heavy atom. The third-order valence-electron chi connectivity index (χ3n) is 3.54. The van der Waals surface area contributed by atoms with Crippen LogP contribution in [0, 0.1) is 17.0 Å². The van der Waals surface area contributed by atoms with Crippen molar-refractivity contribution in [2.45, 2.75) is 13.5 Å². The zero-order valence-electron chi connectivity index (χ0n) is 13.5. The number of hydrogen-bond donors (Lipinski definition) is 0. The average molecular weight is 374 g/mol. The quantitative estimate of drug-likeness (QED) is 0.378. The minimum atomic E-state index is -0.832. The maximum absolute atomic E-state index is 12.2. The molecular formula is C17H12ClN3O5. The van der Waals surface area contributed by atoms with Crippen LogP contribution in [0.15, 0.2) is 46.9 Å². The van der Waals surface area contributed by atoms with Gasteiger partial charge in [0.15, 0.2) is 6.61 Å². The third kappa shape index (κ3) is 3.70. The number of aromatic nitrogens is 2. The second-order valence-corrected chi connectivity index (χ2v) is 5.75. The number of rotatable bonds is 5. The van der Waals surface area contributed by atoms with E-state index in [1.165, 1.54) is 12.1 Å². The Morgan fingerprint density at radius 2 is 1.96 bits per heavy atom. The minimum absolute atomic E-state index is 0.0690. The highest BCUT2D eigenvalue weighted by Gasteiger charge is 2.24. The largest absolute Gasteiger partial charge is 0.452 e. The molecule has 0 atom stereocenters. The summed E-state index contributed by atoms with van der Waals surface area (Å²) in [7, 11) is 0. The van der Waals surface area contributed by atoms with Crippen molar-refractivity contribution >= 4 is 23.3 Å². The normalized spacial score (nSPS) is 10.5. The number of carbonyl (C=O) groups is 1. The van der Waals surface area contributed by atoms with Crippen molar-refractivity contribution in [1.82, 2.24) is 10.2 Å². The fourth-order valence-corrected chi connectivity index (χ4v) is 2.42. The van der Waals surface area contributed by atoms with E-state index in [1.54, 1.807) is 37.3 Å². The number of ether oxygens (including phenoxy) is 1. The van der Waals surface area contributed by atoms with Gasteiger partial charge >= 0.3 is 5.97 Å². The molecule has 0 aliphatic carbocycles. The zero-order valence-corrected chi connectivity index (χ0v) is 14.3. The molecule has 0 amide bonds. The summed E-state index contributed by atoms with van der Waals surface area (Å²) in [6.45, 7) is 1.29. The average Bonchev–Trinajstić information content (AvgIpc) is 3.09. The monoisotopic (exact) mass is 373 g/mol. The molecule has 0 N–H and O–H groups in total. The molecule has 0 saturated carbocycles. The topological polar surface area (TPSA) is 108 Å². The molecule has 1 aromatic heterocycles. The number of esters is 1. The van der Waals surface area contributed by atoms with Crippen LogP contribution in [0.2, 0.25) is 5.02 Å². The van der Waals surface area contributed by atoms with E-state index in [2.05, 4.69) is 10.2 Å². The second-order valence-electron chi connectivity index (χ2n) is 5.31. The van der Waals surface area contributed by atoms with E-state index in [-0.39, 0.29) is 29.6 Å². The number of nitro benzene ring substituents is 1. The van der Waals surface area contributed by atoms with Gasteiger partial charge in [0.2, 0.25) is 5.89 Å². The van der Waals surface area contributed by atoms with Gasteiger partial charge in [-0.05, 0) is 36.8 Å². The summed E-state index contributed by atoms with van der Waals surface area (Å²) in [5.41, 5.74) is 0.683. The number of halogens is 1. The molecule has 132 valence electrons. The van der Waals surface area contributed by atoms with Crippen LogP contribution in [0.3, 0.4) is 0 Å². The lowest BCUT2D eigenvalue weighted by Gasteiger charge is -2.06. The lowest BCUT2D eigenvalue weighted by molar-refractivity contribution is -0.385. The number of nitrogens with zero attached hydrogens (tertiary/aromatic N) is 3. The summed E-state index contributed by atoms with van der Waals surface area (Å²) in [5, 5.41) is 19.3. The summed E-state index contributed by atoms with van der Waals surface area (Å²) in [6.07, 6.45) is 0. The predicted molar refractivity (Wildman–Crippen MR) is 91.7 cm³/mol. The van der Waals surface area contributed by atoms with Gasteiger partial charge in [-0.15, -0.1) is 10.2 Å². The zero-order chi connectivity index (χ0) is 18.7. The van der Waals surface area contributed by atoms with Gasteiger partial charge in [0.25, 0.3) is 11.6 Å². The molecule has 0 saturated heterocycles. The van der Waals surface area contributed by atoms with E-state index in [9.17, 15) is 14.9 Å². The van der Waals surface area contributed by atoms with Gasteiger partial charge in [0.1, 0.15) is 5.56 Å². The second kappa shape index (κ2) is 7.32. The molecule has 0 bridgehead atoms. The molecule has 0 fully saturated rings. The first-order valence-electron chi connectivity index (χ1n) is 7.45. The molecular weight excluding hydrogens is 362 g/mol. The highest BCUT2D eigenvalue weighted by atomic mass is 35.5. The Hall–Kier alpha value is -3.26. The first-order valence-corrected chi connectivity index (χ1v) is 7.83. The molecule has 0 radical (unpaired) electrons. The van der Waals surface area contributed by atoms with Crippen LogP contribution >= 0.6 is 11.6 Å². The van der Waals surface area contributed by atoms with Crippen molar-refractivity contribution in [2.75, 3.05) is 0 Å². The molecule has 0 aliphatic heterocycles. The van der Waals surface area contributed by atoms with E-state index in [1.807, 2.05) is 0 Å². The maximum Gasteiger partial charge on any atom is 0.345 e. The first-order chi connectivity index (χ1) is 12.5. The Bertz CT molecular complexity index is 969. The van der Waals surface area contributed by atoms with Crippen molar-refractivity contribution in [1.29, 1.82) is 0 Å². The Morgan fingerprint density at radius 1 is 1.23 bits per heavy atom. The number of hydrogen-bond acceptors (Lipinski definition) is 7. The molecule has 8 nitrogen and oxygen atoms in total. The Balaban J connectivity index is 1.73.